The number of nitrogens with zero attached hydrogens (tertiary/aromatic N) is 2. The van der Waals surface area contributed by atoms with Gasteiger partial charge in [-0.3, -0.25) is 9.89 Å². The van der Waals surface area contributed by atoms with E-state index >= 15 is 0 Å². The Labute approximate surface area is 159 Å². The molecule has 2 aliphatic rings. The van der Waals surface area contributed by atoms with Gasteiger partial charge in [0, 0.05) is 18.0 Å². The molecule has 1 saturated carbocycles. The third kappa shape index (κ3) is 2.84. The number of H-pyrrole nitrogens is 1. The van der Waals surface area contributed by atoms with E-state index in [-0.39, 0.29) is 5.91 Å². The molecule has 4 nitrogen and oxygen atoms in total. The number of aromatic nitrogens is 2. The average molecular weight is 359 g/mol. The van der Waals surface area contributed by atoms with Crippen molar-refractivity contribution in [3.63, 3.8) is 0 Å². The number of hydrogen-bond acceptors (Lipinski definition) is 2. The van der Waals surface area contributed by atoms with Crippen LogP contribution < -0.4 is 0 Å². The Morgan fingerprint density at radius 3 is 2.74 bits per heavy atom. The van der Waals surface area contributed by atoms with Crippen LogP contribution >= 0.6 is 0 Å². The van der Waals surface area contributed by atoms with Gasteiger partial charge in [0.1, 0.15) is 0 Å². The molecule has 27 heavy (non-hydrogen) atoms. The summed E-state index contributed by atoms with van der Waals surface area (Å²) < 4.78 is 0. The van der Waals surface area contributed by atoms with Crippen LogP contribution in [0, 0.1) is 5.92 Å². The van der Waals surface area contributed by atoms with Crippen molar-refractivity contribution in [3.05, 3.63) is 65.9 Å². The summed E-state index contributed by atoms with van der Waals surface area (Å²) in [7, 11) is 0. The molecule has 0 bridgehead atoms. The zero-order chi connectivity index (χ0) is 18.2. The fourth-order valence-corrected chi connectivity index (χ4v) is 5.33. The number of likely N-dealkylation sites (tertiary alicyclic amines) is 1. The van der Waals surface area contributed by atoms with Crippen LogP contribution in [0.2, 0.25) is 0 Å². The van der Waals surface area contributed by atoms with Gasteiger partial charge in [0.05, 0.1) is 17.3 Å². The van der Waals surface area contributed by atoms with Crippen molar-refractivity contribution < 1.29 is 4.79 Å². The van der Waals surface area contributed by atoms with Crippen molar-refractivity contribution >= 4 is 16.8 Å². The standard InChI is InChI=1S/C23H25N3O/c27-23(19-10-6-11-21-20(19)15-24-25-21)26-14-13-17(16-7-2-1-3-8-16)18-9-4-5-12-22(18)26/h1-3,6-8,10-11,15,17-18,22H,4-5,9,12-14H2,(H,24,25). The second-order valence-electron chi connectivity index (χ2n) is 7.96. The largest absolute Gasteiger partial charge is 0.335 e. The van der Waals surface area contributed by atoms with Gasteiger partial charge in [-0.05, 0) is 48.8 Å². The fraction of sp³-hybridized carbons (Fsp3) is 0.391. The molecule has 1 saturated heterocycles. The molecule has 5 rings (SSSR count). The molecule has 3 aromatic rings. The van der Waals surface area contributed by atoms with Crippen LogP contribution in [0.15, 0.2) is 54.7 Å². The monoisotopic (exact) mass is 359 g/mol. The van der Waals surface area contributed by atoms with E-state index in [0.717, 1.165) is 35.9 Å². The van der Waals surface area contributed by atoms with Crippen molar-refractivity contribution in [3.8, 4) is 0 Å². The molecule has 1 aromatic heterocycles. The molecule has 138 valence electrons. The highest BCUT2D eigenvalue weighted by Crippen LogP contribution is 2.44. The molecule has 3 atom stereocenters. The Hall–Kier alpha value is -2.62. The van der Waals surface area contributed by atoms with E-state index in [0.29, 0.717) is 17.9 Å². The first-order valence-electron chi connectivity index (χ1n) is 10.1. The molecule has 2 aromatic carbocycles. The Morgan fingerprint density at radius 1 is 1.00 bits per heavy atom. The molecule has 1 aliphatic carbocycles. The van der Waals surface area contributed by atoms with Crippen molar-refractivity contribution in [2.75, 3.05) is 6.54 Å². The van der Waals surface area contributed by atoms with Gasteiger partial charge in [-0.1, -0.05) is 49.2 Å². The van der Waals surface area contributed by atoms with E-state index in [1.54, 1.807) is 6.20 Å². The lowest BCUT2D eigenvalue weighted by molar-refractivity contribution is 0.0321. The summed E-state index contributed by atoms with van der Waals surface area (Å²) in [6.45, 7) is 0.841. The number of amides is 1. The van der Waals surface area contributed by atoms with Gasteiger partial charge in [-0.25, -0.2) is 0 Å². The van der Waals surface area contributed by atoms with Crippen LogP contribution in [0.3, 0.4) is 0 Å². The van der Waals surface area contributed by atoms with Crippen molar-refractivity contribution in [2.24, 2.45) is 5.92 Å². The van der Waals surface area contributed by atoms with Crippen LogP contribution in [0.4, 0.5) is 0 Å². The number of carbonyl (C=O) groups is 1. The quantitative estimate of drug-likeness (QED) is 0.718. The SMILES string of the molecule is O=C(c1cccc2[nH]ncc12)N1CCC(c2ccccc2)C2CCCCC21. The third-order valence-corrected chi connectivity index (χ3v) is 6.58. The molecule has 1 amide bonds. The van der Waals surface area contributed by atoms with Gasteiger partial charge in [0.2, 0.25) is 0 Å². The first kappa shape index (κ1) is 16.5. The number of rotatable bonds is 2. The fourth-order valence-electron chi connectivity index (χ4n) is 5.33. The summed E-state index contributed by atoms with van der Waals surface area (Å²) in [4.78, 5) is 15.7. The van der Waals surface area contributed by atoms with Crippen LogP contribution in [0.1, 0.15) is 53.9 Å². The molecule has 0 radical (unpaired) electrons. The maximum Gasteiger partial charge on any atom is 0.254 e. The van der Waals surface area contributed by atoms with Gasteiger partial charge in [0.25, 0.3) is 5.91 Å². The van der Waals surface area contributed by atoms with Crippen molar-refractivity contribution in [2.45, 2.75) is 44.1 Å². The summed E-state index contributed by atoms with van der Waals surface area (Å²) in [6.07, 6.45) is 7.69. The van der Waals surface area contributed by atoms with Crippen molar-refractivity contribution in [1.82, 2.24) is 15.1 Å². The lowest BCUT2D eigenvalue weighted by Crippen LogP contribution is -2.52. The average Bonchev–Trinajstić information content (AvgIpc) is 3.22. The summed E-state index contributed by atoms with van der Waals surface area (Å²) in [5.41, 5.74) is 3.15. The minimum atomic E-state index is 0.172. The maximum atomic E-state index is 13.5. The topological polar surface area (TPSA) is 49.0 Å². The first-order chi connectivity index (χ1) is 13.3. The molecule has 1 aliphatic heterocycles. The molecule has 0 spiro atoms. The molecule has 1 N–H and O–H groups in total. The van der Waals surface area contributed by atoms with E-state index in [1.165, 1.54) is 24.8 Å². The van der Waals surface area contributed by atoms with E-state index in [2.05, 4.69) is 45.4 Å². The number of hydrogen-bond donors (Lipinski definition) is 1. The maximum absolute atomic E-state index is 13.5. The summed E-state index contributed by atoms with van der Waals surface area (Å²) in [6, 6.07) is 17.1. The van der Waals surface area contributed by atoms with Gasteiger partial charge >= 0.3 is 0 Å². The predicted octanol–water partition coefficient (Wildman–Crippen LogP) is 4.75. The van der Waals surface area contributed by atoms with E-state index in [1.807, 2.05) is 18.2 Å². The summed E-state index contributed by atoms with van der Waals surface area (Å²) in [5, 5.41) is 8.04. The number of piperidine rings is 1. The van der Waals surface area contributed by atoms with Gasteiger partial charge in [-0.15, -0.1) is 0 Å². The van der Waals surface area contributed by atoms with Crippen LogP contribution in [0.5, 0.6) is 0 Å². The molecule has 2 fully saturated rings. The summed E-state index contributed by atoms with van der Waals surface area (Å²) >= 11 is 0. The van der Waals surface area contributed by atoms with Crippen LogP contribution in [-0.4, -0.2) is 33.6 Å². The van der Waals surface area contributed by atoms with Gasteiger partial charge in [-0.2, -0.15) is 5.10 Å². The Bertz CT molecular complexity index is 948. The molecule has 4 heteroatoms. The second kappa shape index (κ2) is 6.84. The molecule has 3 unspecified atom stereocenters. The predicted molar refractivity (Wildman–Crippen MR) is 107 cm³/mol. The smallest absolute Gasteiger partial charge is 0.254 e. The third-order valence-electron chi connectivity index (χ3n) is 6.58. The van der Waals surface area contributed by atoms with E-state index < -0.39 is 0 Å². The number of aromatic amines is 1. The molecular weight excluding hydrogens is 334 g/mol. The minimum Gasteiger partial charge on any atom is -0.335 e. The minimum absolute atomic E-state index is 0.172. The highest BCUT2D eigenvalue weighted by atomic mass is 16.2. The van der Waals surface area contributed by atoms with E-state index in [4.69, 9.17) is 0 Å². The van der Waals surface area contributed by atoms with Gasteiger partial charge < -0.3 is 4.90 Å². The number of fused-ring (bicyclic) bond motifs is 2. The van der Waals surface area contributed by atoms with Crippen LogP contribution in [-0.2, 0) is 0 Å². The zero-order valence-electron chi connectivity index (χ0n) is 15.5. The number of nitrogens with one attached hydrogen (secondary N) is 1. The molecule has 2 heterocycles. The highest BCUT2D eigenvalue weighted by Gasteiger charge is 2.42. The first-order valence-corrected chi connectivity index (χ1v) is 10.1. The Kier molecular flexibility index (Phi) is 4.19. The zero-order valence-corrected chi connectivity index (χ0v) is 15.5. The normalized spacial score (nSPS) is 25.3. The number of carbonyl (C=O) groups excluding carboxylic acids is 1. The lowest BCUT2D eigenvalue weighted by Gasteiger charge is -2.48. The van der Waals surface area contributed by atoms with Gasteiger partial charge in [0.15, 0.2) is 0 Å². The van der Waals surface area contributed by atoms with E-state index in [9.17, 15) is 4.79 Å². The second-order valence-corrected chi connectivity index (χ2v) is 7.96. The molecular formula is C23H25N3O. The van der Waals surface area contributed by atoms with Crippen molar-refractivity contribution in [1.29, 1.82) is 0 Å². The Morgan fingerprint density at radius 2 is 1.85 bits per heavy atom. The van der Waals surface area contributed by atoms with Crippen LogP contribution in [0.25, 0.3) is 10.9 Å². The Balaban J connectivity index is 1.47. The summed E-state index contributed by atoms with van der Waals surface area (Å²) in [5.74, 6) is 1.32. The highest BCUT2D eigenvalue weighted by molar-refractivity contribution is 6.06. The number of benzene rings is 2. The lowest BCUT2D eigenvalue weighted by atomic mass is 9.69.